The number of halogens is 2. The Kier molecular flexibility index (Phi) is 4.15. The van der Waals surface area contributed by atoms with Crippen molar-refractivity contribution < 1.29 is 18.3 Å². The molecule has 0 saturated heterocycles. The molecule has 1 saturated carbocycles. The first-order valence-electron chi connectivity index (χ1n) is 7.98. The van der Waals surface area contributed by atoms with Crippen LogP contribution in [-0.2, 0) is 0 Å². The number of Topliss-reactive ketones (excluding diaryl/α,β-unsaturated/α-hetero) is 1. The minimum absolute atomic E-state index is 0.0385. The van der Waals surface area contributed by atoms with Gasteiger partial charge in [0.1, 0.15) is 0 Å². The topological polar surface area (TPSA) is 48.3 Å². The summed E-state index contributed by atoms with van der Waals surface area (Å²) in [5.41, 5.74) is 0.615. The molecule has 0 amide bonds. The maximum atomic E-state index is 13.0. The molecule has 1 aliphatic carbocycles. The molecule has 0 spiro atoms. The number of hydrogen-bond donors (Lipinski definition) is 0. The number of ketones is 1. The van der Waals surface area contributed by atoms with E-state index in [0.29, 0.717) is 11.1 Å². The lowest BCUT2D eigenvalue weighted by molar-refractivity contribution is -0.0497. The van der Waals surface area contributed by atoms with Crippen LogP contribution in [0.25, 0.3) is 10.9 Å². The van der Waals surface area contributed by atoms with E-state index in [-0.39, 0.29) is 34.4 Å². The van der Waals surface area contributed by atoms with Crippen molar-refractivity contribution in [3.8, 4) is 5.75 Å². The zero-order valence-corrected chi connectivity index (χ0v) is 13.8. The van der Waals surface area contributed by atoms with E-state index >= 15 is 0 Å². The summed E-state index contributed by atoms with van der Waals surface area (Å²) in [6, 6.07) is 3.35. The van der Waals surface area contributed by atoms with Crippen LogP contribution < -0.4 is 10.2 Å². The number of nitrogens with zero attached hydrogens (tertiary/aromatic N) is 1. The Morgan fingerprint density at radius 3 is 2.46 bits per heavy atom. The van der Waals surface area contributed by atoms with Crippen LogP contribution in [0.15, 0.2) is 23.1 Å². The van der Waals surface area contributed by atoms with Gasteiger partial charge in [0.2, 0.25) is 0 Å². The summed E-state index contributed by atoms with van der Waals surface area (Å²) in [4.78, 5) is 24.4. The number of hydrogen-bond acceptors (Lipinski definition) is 3. The second kappa shape index (κ2) is 6.00. The molecule has 1 aromatic heterocycles. The van der Waals surface area contributed by atoms with E-state index in [2.05, 4.69) is 0 Å². The lowest BCUT2D eigenvalue weighted by Crippen LogP contribution is -2.19. The van der Waals surface area contributed by atoms with Gasteiger partial charge in [-0.2, -0.15) is 8.78 Å². The molecule has 1 aliphatic rings. The van der Waals surface area contributed by atoms with Crippen molar-refractivity contribution in [1.82, 2.24) is 4.57 Å². The average Bonchev–Trinajstić information content (AvgIpc) is 3.31. The normalized spacial score (nSPS) is 14.6. The van der Waals surface area contributed by atoms with Crippen molar-refractivity contribution in [3.05, 3.63) is 39.7 Å². The average molecular weight is 335 g/mol. The minimum Gasteiger partial charge on any atom is -0.432 e. The number of aromatic nitrogens is 1. The largest absolute Gasteiger partial charge is 0.432 e. The number of ether oxygens (including phenoxy) is 1. The molecule has 0 aliphatic heterocycles. The van der Waals surface area contributed by atoms with Gasteiger partial charge in [0, 0.05) is 12.2 Å². The number of benzene rings is 1. The van der Waals surface area contributed by atoms with Crippen LogP contribution >= 0.6 is 0 Å². The zero-order chi connectivity index (χ0) is 17.6. The third kappa shape index (κ3) is 2.81. The molecule has 4 nitrogen and oxygen atoms in total. The van der Waals surface area contributed by atoms with Crippen molar-refractivity contribution in [3.63, 3.8) is 0 Å². The molecule has 0 unspecified atom stereocenters. The number of alkyl halides is 2. The number of fused-ring (bicyclic) bond motifs is 1. The zero-order valence-electron chi connectivity index (χ0n) is 13.8. The molecular weight excluding hydrogens is 316 g/mol. The van der Waals surface area contributed by atoms with Crippen LogP contribution in [0.5, 0.6) is 5.75 Å². The summed E-state index contributed by atoms with van der Waals surface area (Å²) in [6.45, 7) is 2.11. The van der Waals surface area contributed by atoms with Gasteiger partial charge in [0.25, 0.3) is 0 Å². The Morgan fingerprint density at radius 2 is 1.96 bits per heavy atom. The first-order chi connectivity index (χ1) is 11.3. The lowest BCUT2D eigenvalue weighted by Gasteiger charge is -2.20. The van der Waals surface area contributed by atoms with E-state index in [1.807, 2.05) is 13.8 Å². The van der Waals surface area contributed by atoms with Crippen molar-refractivity contribution >= 4 is 16.7 Å². The van der Waals surface area contributed by atoms with E-state index < -0.39 is 12.0 Å². The highest BCUT2D eigenvalue weighted by Gasteiger charge is 2.29. The molecule has 0 N–H and O–H groups in total. The predicted octanol–water partition coefficient (Wildman–Crippen LogP) is 4.26. The quantitative estimate of drug-likeness (QED) is 0.767. The maximum Gasteiger partial charge on any atom is 0.387 e. The molecule has 1 fully saturated rings. The van der Waals surface area contributed by atoms with Crippen LogP contribution in [0.3, 0.4) is 0 Å². The van der Waals surface area contributed by atoms with Gasteiger partial charge >= 0.3 is 6.61 Å². The molecule has 3 rings (SSSR count). The summed E-state index contributed by atoms with van der Waals surface area (Å²) in [5.74, 6) is -0.337. The van der Waals surface area contributed by atoms with E-state index in [0.717, 1.165) is 12.8 Å². The fraction of sp³-hybridized carbons (Fsp3) is 0.444. The van der Waals surface area contributed by atoms with Crippen molar-refractivity contribution in [1.29, 1.82) is 0 Å². The first-order valence-corrected chi connectivity index (χ1v) is 7.98. The molecule has 6 heteroatoms. The van der Waals surface area contributed by atoms with Crippen LogP contribution in [0.4, 0.5) is 8.78 Å². The second-order valence-corrected chi connectivity index (χ2v) is 6.48. The number of rotatable bonds is 5. The van der Waals surface area contributed by atoms with Crippen molar-refractivity contribution in [2.45, 2.75) is 52.2 Å². The molecule has 1 heterocycles. The highest BCUT2D eigenvalue weighted by Crippen LogP contribution is 2.42. The Hall–Kier alpha value is -2.24. The molecular formula is C18H19F2NO3. The van der Waals surface area contributed by atoms with Gasteiger partial charge in [-0.05, 0) is 37.3 Å². The molecule has 128 valence electrons. The van der Waals surface area contributed by atoms with Crippen LogP contribution in [0.1, 0.15) is 61.5 Å². The highest BCUT2D eigenvalue weighted by molar-refractivity contribution is 5.98. The number of pyridine rings is 1. The summed E-state index contributed by atoms with van der Waals surface area (Å²) >= 11 is 0. The lowest BCUT2D eigenvalue weighted by atomic mass is 9.98. The molecule has 0 bridgehead atoms. The number of carbonyl (C=O) groups is 1. The molecule has 0 radical (unpaired) electrons. The maximum absolute atomic E-state index is 13.0. The smallest absolute Gasteiger partial charge is 0.387 e. The Bertz CT molecular complexity index is 867. The fourth-order valence-electron chi connectivity index (χ4n) is 2.99. The second-order valence-electron chi connectivity index (χ2n) is 6.48. The molecule has 1 aromatic carbocycles. The van der Waals surface area contributed by atoms with Crippen molar-refractivity contribution in [2.75, 3.05) is 0 Å². The Morgan fingerprint density at radius 1 is 1.29 bits per heavy atom. The summed E-state index contributed by atoms with van der Waals surface area (Å²) < 4.78 is 32.5. The van der Waals surface area contributed by atoms with Crippen LogP contribution in [0.2, 0.25) is 0 Å². The van der Waals surface area contributed by atoms with Gasteiger partial charge in [-0.15, -0.1) is 0 Å². The summed E-state index contributed by atoms with van der Waals surface area (Å²) in [5, 5.41) is 0.245. The summed E-state index contributed by atoms with van der Waals surface area (Å²) in [7, 11) is 0. The molecule has 0 atom stereocenters. The third-order valence-electron chi connectivity index (χ3n) is 4.33. The monoisotopic (exact) mass is 335 g/mol. The molecule has 2 aromatic rings. The fourth-order valence-corrected chi connectivity index (χ4v) is 2.99. The molecule has 24 heavy (non-hydrogen) atoms. The third-order valence-corrected chi connectivity index (χ3v) is 4.33. The van der Waals surface area contributed by atoms with Gasteiger partial charge < -0.3 is 9.30 Å². The van der Waals surface area contributed by atoms with Crippen LogP contribution in [0, 0.1) is 0 Å². The SMILES string of the molecule is CC(=O)c1cn(C2CC2)c2c(OC(F)F)c(C(C)C)ccc2c1=O. The number of carbonyl (C=O) groups excluding carboxylic acids is 1. The summed E-state index contributed by atoms with van der Waals surface area (Å²) in [6.07, 6.45) is 3.26. The Labute approximate surface area is 138 Å². The van der Waals surface area contributed by atoms with Crippen LogP contribution in [-0.4, -0.2) is 17.0 Å². The van der Waals surface area contributed by atoms with E-state index in [9.17, 15) is 18.4 Å². The minimum atomic E-state index is -2.98. The standard InChI is InChI=1S/C18H19F2NO3/c1-9(2)12-6-7-13-15(17(12)24-18(19)20)21(11-4-5-11)8-14(10(3)22)16(13)23/h6-9,11,18H,4-5H2,1-3H3. The van der Waals surface area contributed by atoms with Gasteiger partial charge in [-0.25, -0.2) is 0 Å². The van der Waals surface area contributed by atoms with Gasteiger partial charge in [-0.3, -0.25) is 9.59 Å². The van der Waals surface area contributed by atoms with Crippen molar-refractivity contribution in [2.24, 2.45) is 0 Å². The van der Waals surface area contributed by atoms with E-state index in [1.54, 1.807) is 16.7 Å². The highest BCUT2D eigenvalue weighted by atomic mass is 19.3. The Balaban J connectivity index is 2.43. The predicted molar refractivity (Wildman–Crippen MR) is 87.2 cm³/mol. The first kappa shape index (κ1) is 16.6. The van der Waals surface area contributed by atoms with E-state index in [1.165, 1.54) is 13.1 Å². The van der Waals surface area contributed by atoms with Gasteiger partial charge in [0.05, 0.1) is 16.5 Å². The van der Waals surface area contributed by atoms with Gasteiger partial charge in [-0.1, -0.05) is 19.9 Å². The van der Waals surface area contributed by atoms with Gasteiger partial charge in [0.15, 0.2) is 17.0 Å². The van der Waals surface area contributed by atoms with E-state index in [4.69, 9.17) is 4.74 Å².